The average Bonchev–Trinajstić information content (AvgIpc) is 2.21. The summed E-state index contributed by atoms with van der Waals surface area (Å²) in [5.74, 6) is -0.197. The summed E-state index contributed by atoms with van der Waals surface area (Å²) in [5, 5.41) is 9.93. The minimum Gasteiger partial charge on any atom is -0.391 e. The second-order valence-electron chi connectivity index (χ2n) is 3.60. The lowest BCUT2D eigenvalue weighted by atomic mass is 10.2. The first-order valence-electron chi connectivity index (χ1n) is 4.79. The SMILES string of the molecule is CN(Cc1ccccc1F)CC(O)CBr. The maximum atomic E-state index is 13.3. The molecular weight excluding hydrogens is 261 g/mol. The van der Waals surface area contributed by atoms with Crippen LogP contribution in [0.3, 0.4) is 0 Å². The molecule has 0 saturated heterocycles. The molecule has 0 bridgehead atoms. The Kier molecular flexibility index (Phi) is 5.22. The van der Waals surface area contributed by atoms with Crippen molar-refractivity contribution in [3.05, 3.63) is 35.6 Å². The van der Waals surface area contributed by atoms with E-state index in [-0.39, 0.29) is 5.82 Å². The number of benzene rings is 1. The monoisotopic (exact) mass is 275 g/mol. The van der Waals surface area contributed by atoms with Gasteiger partial charge in [0.15, 0.2) is 0 Å². The fraction of sp³-hybridized carbons (Fsp3) is 0.455. The molecule has 0 spiro atoms. The van der Waals surface area contributed by atoms with Crippen molar-refractivity contribution < 1.29 is 9.50 Å². The van der Waals surface area contributed by atoms with Gasteiger partial charge in [-0.2, -0.15) is 0 Å². The summed E-state index contributed by atoms with van der Waals surface area (Å²) in [6.07, 6.45) is -0.415. The van der Waals surface area contributed by atoms with Crippen LogP contribution >= 0.6 is 15.9 Å². The lowest BCUT2D eigenvalue weighted by Crippen LogP contribution is -2.29. The minimum absolute atomic E-state index is 0.197. The highest BCUT2D eigenvalue weighted by Crippen LogP contribution is 2.09. The minimum atomic E-state index is -0.415. The number of alkyl halides is 1. The molecule has 0 aromatic heterocycles. The van der Waals surface area contributed by atoms with Gasteiger partial charge in [0.05, 0.1) is 6.10 Å². The first kappa shape index (κ1) is 12.6. The van der Waals surface area contributed by atoms with Crippen molar-refractivity contribution in [2.45, 2.75) is 12.6 Å². The molecule has 4 heteroatoms. The zero-order chi connectivity index (χ0) is 11.3. The third-order valence-corrected chi connectivity index (χ3v) is 2.85. The van der Waals surface area contributed by atoms with Crippen LogP contribution in [-0.4, -0.2) is 35.0 Å². The van der Waals surface area contributed by atoms with E-state index in [1.165, 1.54) is 6.07 Å². The molecule has 15 heavy (non-hydrogen) atoms. The van der Waals surface area contributed by atoms with Crippen LogP contribution in [0.5, 0.6) is 0 Å². The predicted molar refractivity (Wildman–Crippen MR) is 62.5 cm³/mol. The van der Waals surface area contributed by atoms with E-state index in [9.17, 15) is 9.50 Å². The number of halogens is 2. The number of likely N-dealkylation sites (N-methyl/N-ethyl adjacent to an activating group) is 1. The highest BCUT2D eigenvalue weighted by Gasteiger charge is 2.08. The number of hydrogen-bond donors (Lipinski definition) is 1. The Balaban J connectivity index is 2.51. The molecular formula is C11H15BrFNO. The molecule has 0 aliphatic carbocycles. The number of hydrogen-bond acceptors (Lipinski definition) is 2. The lowest BCUT2D eigenvalue weighted by Gasteiger charge is -2.19. The van der Waals surface area contributed by atoms with Gasteiger partial charge in [0.25, 0.3) is 0 Å². The van der Waals surface area contributed by atoms with Crippen LogP contribution in [-0.2, 0) is 6.54 Å². The normalized spacial score (nSPS) is 13.1. The molecule has 0 saturated carbocycles. The third kappa shape index (κ3) is 4.28. The van der Waals surface area contributed by atoms with Gasteiger partial charge in [-0.1, -0.05) is 34.1 Å². The predicted octanol–water partition coefficient (Wildman–Crippen LogP) is 2.01. The molecule has 1 aromatic rings. The smallest absolute Gasteiger partial charge is 0.127 e. The first-order valence-corrected chi connectivity index (χ1v) is 5.91. The van der Waals surface area contributed by atoms with Crippen molar-refractivity contribution >= 4 is 15.9 Å². The zero-order valence-corrected chi connectivity index (χ0v) is 10.2. The van der Waals surface area contributed by atoms with Crippen LogP contribution in [0.4, 0.5) is 4.39 Å². The van der Waals surface area contributed by atoms with E-state index in [4.69, 9.17) is 0 Å². The maximum Gasteiger partial charge on any atom is 0.127 e. The standard InChI is InChI=1S/C11H15BrFNO/c1-14(8-10(15)6-12)7-9-4-2-3-5-11(9)13/h2-5,10,15H,6-8H2,1H3. The summed E-state index contributed by atoms with van der Waals surface area (Å²) in [6, 6.07) is 6.69. The number of aliphatic hydroxyl groups is 1. The van der Waals surface area contributed by atoms with Gasteiger partial charge < -0.3 is 5.11 Å². The van der Waals surface area contributed by atoms with E-state index >= 15 is 0 Å². The van der Waals surface area contributed by atoms with E-state index in [1.54, 1.807) is 12.1 Å². The fourth-order valence-corrected chi connectivity index (χ4v) is 1.60. The van der Waals surface area contributed by atoms with E-state index in [1.807, 2.05) is 18.0 Å². The molecule has 1 aromatic carbocycles. The van der Waals surface area contributed by atoms with Crippen molar-refractivity contribution in [3.8, 4) is 0 Å². The molecule has 0 aliphatic rings. The second kappa shape index (κ2) is 6.20. The molecule has 84 valence electrons. The Morgan fingerprint density at radius 2 is 2.13 bits per heavy atom. The highest BCUT2D eigenvalue weighted by molar-refractivity contribution is 9.09. The largest absolute Gasteiger partial charge is 0.391 e. The Morgan fingerprint density at radius 3 is 2.73 bits per heavy atom. The summed E-state index contributed by atoms with van der Waals surface area (Å²) < 4.78 is 13.3. The van der Waals surface area contributed by atoms with Crippen molar-refractivity contribution in [2.75, 3.05) is 18.9 Å². The molecule has 0 heterocycles. The maximum absolute atomic E-state index is 13.3. The van der Waals surface area contributed by atoms with Gasteiger partial charge in [-0.3, -0.25) is 4.90 Å². The van der Waals surface area contributed by atoms with Crippen molar-refractivity contribution in [1.29, 1.82) is 0 Å². The summed E-state index contributed by atoms with van der Waals surface area (Å²) in [7, 11) is 1.86. The Labute approximate surface area is 97.8 Å². The van der Waals surface area contributed by atoms with E-state index in [0.717, 1.165) is 0 Å². The van der Waals surface area contributed by atoms with E-state index in [2.05, 4.69) is 15.9 Å². The molecule has 1 unspecified atom stereocenters. The molecule has 0 radical (unpaired) electrons. The van der Waals surface area contributed by atoms with Crippen LogP contribution in [0.15, 0.2) is 24.3 Å². The molecule has 0 amide bonds. The highest BCUT2D eigenvalue weighted by atomic mass is 79.9. The first-order chi connectivity index (χ1) is 7.13. The van der Waals surface area contributed by atoms with Crippen molar-refractivity contribution in [1.82, 2.24) is 4.90 Å². The van der Waals surface area contributed by atoms with E-state index < -0.39 is 6.10 Å². The van der Waals surface area contributed by atoms with Gasteiger partial charge in [-0.05, 0) is 13.1 Å². The van der Waals surface area contributed by atoms with Gasteiger partial charge in [-0.25, -0.2) is 4.39 Å². The summed E-state index contributed by atoms with van der Waals surface area (Å²) in [5.41, 5.74) is 0.654. The Bertz CT molecular complexity index is 308. The van der Waals surface area contributed by atoms with Gasteiger partial charge in [0, 0.05) is 24.0 Å². The van der Waals surface area contributed by atoms with Crippen LogP contribution in [0.1, 0.15) is 5.56 Å². The zero-order valence-electron chi connectivity index (χ0n) is 8.66. The van der Waals surface area contributed by atoms with Crippen molar-refractivity contribution in [2.24, 2.45) is 0 Å². The van der Waals surface area contributed by atoms with Crippen molar-refractivity contribution in [3.63, 3.8) is 0 Å². The Hall–Kier alpha value is -0.450. The summed E-state index contributed by atoms with van der Waals surface area (Å²) >= 11 is 3.19. The Morgan fingerprint density at radius 1 is 1.47 bits per heavy atom. The number of rotatable bonds is 5. The van der Waals surface area contributed by atoms with Crippen LogP contribution in [0.2, 0.25) is 0 Å². The van der Waals surface area contributed by atoms with Gasteiger partial charge >= 0.3 is 0 Å². The molecule has 1 atom stereocenters. The molecule has 1 rings (SSSR count). The molecule has 2 nitrogen and oxygen atoms in total. The van der Waals surface area contributed by atoms with Crippen LogP contribution < -0.4 is 0 Å². The lowest BCUT2D eigenvalue weighted by molar-refractivity contribution is 0.142. The summed E-state index contributed by atoms with van der Waals surface area (Å²) in [4.78, 5) is 1.89. The quantitative estimate of drug-likeness (QED) is 0.832. The van der Waals surface area contributed by atoms with E-state index in [0.29, 0.717) is 24.0 Å². The van der Waals surface area contributed by atoms with Gasteiger partial charge in [0.2, 0.25) is 0 Å². The third-order valence-electron chi connectivity index (χ3n) is 2.10. The molecule has 0 aliphatic heterocycles. The molecule has 0 fully saturated rings. The second-order valence-corrected chi connectivity index (χ2v) is 4.24. The fourth-order valence-electron chi connectivity index (χ4n) is 1.39. The van der Waals surface area contributed by atoms with Gasteiger partial charge in [0.1, 0.15) is 5.82 Å². The van der Waals surface area contributed by atoms with Crippen LogP contribution in [0.25, 0.3) is 0 Å². The summed E-state index contributed by atoms with van der Waals surface area (Å²) in [6.45, 7) is 1.04. The van der Waals surface area contributed by atoms with Crippen LogP contribution in [0, 0.1) is 5.82 Å². The van der Waals surface area contributed by atoms with Gasteiger partial charge in [-0.15, -0.1) is 0 Å². The average molecular weight is 276 g/mol. The topological polar surface area (TPSA) is 23.5 Å². The number of nitrogens with zero attached hydrogens (tertiary/aromatic N) is 1. The number of aliphatic hydroxyl groups excluding tert-OH is 1. The molecule has 1 N–H and O–H groups in total.